The van der Waals surface area contributed by atoms with Gasteiger partial charge < -0.3 is 10.0 Å². The lowest BCUT2D eigenvalue weighted by Gasteiger charge is -2.21. The highest BCUT2D eigenvalue weighted by Crippen LogP contribution is 2.35. The second-order valence-corrected chi connectivity index (χ2v) is 11.1. The van der Waals surface area contributed by atoms with Crippen LogP contribution in [0, 0.1) is 10.1 Å². The molecule has 30 heavy (non-hydrogen) atoms. The van der Waals surface area contributed by atoms with Gasteiger partial charge in [-0.3, -0.25) is 14.9 Å². The van der Waals surface area contributed by atoms with Crippen molar-refractivity contribution in [2.24, 2.45) is 0 Å². The predicted molar refractivity (Wildman–Crippen MR) is 123 cm³/mol. The summed E-state index contributed by atoms with van der Waals surface area (Å²) in [5.74, 6) is -0.871. The van der Waals surface area contributed by atoms with Crippen LogP contribution in [0.15, 0.2) is 15.9 Å². The largest absolute Gasteiger partial charge is 0.480 e. The first-order chi connectivity index (χ1) is 14.2. The van der Waals surface area contributed by atoms with Gasteiger partial charge >= 0.3 is 11.0 Å². The van der Waals surface area contributed by atoms with Crippen LogP contribution in [-0.2, 0) is 11.2 Å². The Morgan fingerprint density at radius 2 is 2.03 bits per heavy atom. The van der Waals surface area contributed by atoms with Crippen LogP contribution in [-0.4, -0.2) is 43.8 Å². The lowest BCUT2D eigenvalue weighted by molar-refractivity contribution is -0.380. The van der Waals surface area contributed by atoms with Crippen LogP contribution in [0.2, 0.25) is 0 Å². The van der Waals surface area contributed by atoms with E-state index >= 15 is 0 Å². The lowest BCUT2D eigenvalue weighted by Crippen LogP contribution is -2.27. The maximum Gasteiger partial charge on any atom is 0.345 e. The highest BCUT2D eigenvalue weighted by Gasteiger charge is 2.29. The Hall–Kier alpha value is -1.72. The molecule has 0 saturated carbocycles. The van der Waals surface area contributed by atoms with Crippen LogP contribution < -0.4 is 4.90 Å². The van der Waals surface area contributed by atoms with E-state index in [-0.39, 0.29) is 5.00 Å². The van der Waals surface area contributed by atoms with Gasteiger partial charge in [0.25, 0.3) is 0 Å². The van der Waals surface area contributed by atoms with Gasteiger partial charge in [0, 0.05) is 24.9 Å². The van der Waals surface area contributed by atoms with E-state index in [0.717, 1.165) is 40.8 Å². The Bertz CT molecular complexity index is 837. The van der Waals surface area contributed by atoms with Crippen molar-refractivity contribution in [2.75, 3.05) is 18.0 Å². The quantitative estimate of drug-likeness (QED) is 0.166. The zero-order valence-electron chi connectivity index (χ0n) is 17.5. The fraction of sp³-hybridized carbons (Fsp3) is 0.632. The standard InChI is InChI=1S/C19H28N4O4S3/c1-4-5-6-7-8-10-22(17-20-12-15(29-17)23(26)27)11-9-14-13-28-18(21-14)30-19(2,3)16(24)25/h12-13H,4-11H2,1-3H3,(H,24,25). The Morgan fingerprint density at radius 1 is 1.30 bits per heavy atom. The monoisotopic (exact) mass is 472 g/mol. The Morgan fingerprint density at radius 3 is 2.67 bits per heavy atom. The first kappa shape index (κ1) is 24.5. The summed E-state index contributed by atoms with van der Waals surface area (Å²) in [6.07, 6.45) is 7.72. The van der Waals surface area contributed by atoms with Gasteiger partial charge in [0.05, 0.1) is 10.6 Å². The fourth-order valence-electron chi connectivity index (χ4n) is 2.66. The number of carboxylic acids is 1. The van der Waals surface area contributed by atoms with Crippen LogP contribution >= 0.6 is 34.4 Å². The summed E-state index contributed by atoms with van der Waals surface area (Å²) in [7, 11) is 0. The van der Waals surface area contributed by atoms with Crippen molar-refractivity contribution in [1.29, 1.82) is 0 Å². The molecular weight excluding hydrogens is 444 g/mol. The molecule has 2 heterocycles. The summed E-state index contributed by atoms with van der Waals surface area (Å²) in [5, 5.41) is 23.0. The number of aromatic nitrogens is 2. The van der Waals surface area contributed by atoms with E-state index in [4.69, 9.17) is 0 Å². The zero-order valence-corrected chi connectivity index (χ0v) is 19.9. The second-order valence-electron chi connectivity index (χ2n) is 7.41. The summed E-state index contributed by atoms with van der Waals surface area (Å²) in [6, 6.07) is 0. The third-order valence-corrected chi connectivity index (χ3v) is 7.67. The van der Waals surface area contributed by atoms with E-state index in [2.05, 4.69) is 21.8 Å². The minimum absolute atomic E-state index is 0.0456. The Labute approximate surface area is 188 Å². The first-order valence-corrected chi connectivity index (χ1v) is 12.5. The van der Waals surface area contributed by atoms with Crippen molar-refractivity contribution in [1.82, 2.24) is 9.97 Å². The fourth-order valence-corrected chi connectivity index (χ4v) is 5.67. The molecule has 0 aliphatic heterocycles. The number of unbranched alkanes of at least 4 members (excludes halogenated alkanes) is 4. The predicted octanol–water partition coefficient (Wildman–Crippen LogP) is 5.48. The van der Waals surface area contributed by atoms with Gasteiger partial charge in [-0.05, 0) is 31.6 Å². The summed E-state index contributed by atoms with van der Waals surface area (Å²) < 4.78 is -0.201. The van der Waals surface area contributed by atoms with Crippen molar-refractivity contribution in [2.45, 2.75) is 68.4 Å². The maximum atomic E-state index is 11.3. The molecule has 0 unspecified atom stereocenters. The number of nitrogens with zero attached hydrogens (tertiary/aromatic N) is 4. The van der Waals surface area contributed by atoms with E-state index in [0.29, 0.717) is 18.1 Å². The number of thiazole rings is 2. The molecule has 0 spiro atoms. The number of carbonyl (C=O) groups is 1. The van der Waals surface area contributed by atoms with Crippen LogP contribution in [0.5, 0.6) is 0 Å². The number of hydrogen-bond donors (Lipinski definition) is 1. The molecule has 0 aliphatic carbocycles. The molecule has 2 rings (SSSR count). The van der Waals surface area contributed by atoms with Crippen LogP contribution in [0.3, 0.4) is 0 Å². The normalized spacial score (nSPS) is 11.6. The third-order valence-electron chi connectivity index (χ3n) is 4.49. The molecule has 0 aromatic carbocycles. The number of anilines is 1. The summed E-state index contributed by atoms with van der Waals surface area (Å²) in [4.78, 5) is 32.8. The molecule has 166 valence electrons. The van der Waals surface area contributed by atoms with Gasteiger partial charge in [0.1, 0.15) is 10.9 Å². The summed E-state index contributed by atoms with van der Waals surface area (Å²) in [5.41, 5.74) is 0.894. The summed E-state index contributed by atoms with van der Waals surface area (Å²) >= 11 is 3.78. The van der Waals surface area contributed by atoms with Gasteiger partial charge in [-0.1, -0.05) is 44.4 Å². The SMILES string of the molecule is CCCCCCCN(CCc1csc(SC(C)(C)C(=O)O)n1)c1ncc([N+](=O)[O-])s1. The van der Waals surface area contributed by atoms with E-state index in [1.54, 1.807) is 13.8 Å². The van der Waals surface area contributed by atoms with E-state index in [9.17, 15) is 20.0 Å². The first-order valence-electron chi connectivity index (χ1n) is 9.95. The molecule has 0 amide bonds. The van der Waals surface area contributed by atoms with Crippen molar-refractivity contribution < 1.29 is 14.8 Å². The molecule has 0 radical (unpaired) electrons. The highest BCUT2D eigenvalue weighted by molar-refractivity contribution is 8.03. The van der Waals surface area contributed by atoms with Gasteiger partial charge in [0.2, 0.25) is 0 Å². The zero-order chi connectivity index (χ0) is 22.1. The molecule has 2 aromatic rings. The van der Waals surface area contributed by atoms with Crippen LogP contribution in [0.1, 0.15) is 58.6 Å². The van der Waals surface area contributed by atoms with Crippen LogP contribution in [0.25, 0.3) is 0 Å². The molecule has 1 N–H and O–H groups in total. The molecule has 0 aliphatic rings. The number of hydrogen-bond acceptors (Lipinski definition) is 9. The molecule has 0 fully saturated rings. The molecule has 8 nitrogen and oxygen atoms in total. The molecular formula is C19H28N4O4S3. The van der Waals surface area contributed by atoms with Gasteiger partial charge in [-0.2, -0.15) is 0 Å². The number of rotatable bonds is 14. The van der Waals surface area contributed by atoms with Crippen molar-refractivity contribution in [3.05, 3.63) is 27.4 Å². The number of carboxylic acid groups (broad SMARTS) is 1. The average Bonchev–Trinajstić information content (AvgIpc) is 3.33. The molecule has 0 bridgehead atoms. The van der Waals surface area contributed by atoms with Crippen molar-refractivity contribution >= 4 is 50.5 Å². The lowest BCUT2D eigenvalue weighted by atomic mass is 10.1. The Balaban J connectivity index is 1.99. The van der Waals surface area contributed by atoms with Crippen molar-refractivity contribution in [3.63, 3.8) is 0 Å². The maximum absolute atomic E-state index is 11.3. The van der Waals surface area contributed by atoms with Gasteiger partial charge in [0.15, 0.2) is 9.47 Å². The minimum Gasteiger partial charge on any atom is -0.480 e. The van der Waals surface area contributed by atoms with Crippen molar-refractivity contribution in [3.8, 4) is 0 Å². The smallest absolute Gasteiger partial charge is 0.345 e. The summed E-state index contributed by atoms with van der Waals surface area (Å²) in [6.45, 7) is 6.97. The minimum atomic E-state index is -0.931. The topological polar surface area (TPSA) is 109 Å². The van der Waals surface area contributed by atoms with E-state index in [1.165, 1.54) is 48.6 Å². The van der Waals surface area contributed by atoms with E-state index < -0.39 is 15.6 Å². The molecule has 2 aromatic heterocycles. The second kappa shape index (κ2) is 11.6. The molecule has 0 saturated heterocycles. The molecule has 0 atom stereocenters. The third kappa shape index (κ3) is 7.51. The number of nitro groups is 1. The van der Waals surface area contributed by atoms with Gasteiger partial charge in [-0.25, -0.2) is 9.97 Å². The number of thioether (sulfide) groups is 1. The molecule has 11 heteroatoms. The number of aliphatic carboxylic acids is 1. The van der Waals surface area contributed by atoms with E-state index in [1.807, 2.05) is 5.38 Å². The van der Waals surface area contributed by atoms with Crippen LogP contribution in [0.4, 0.5) is 10.1 Å². The average molecular weight is 473 g/mol. The Kier molecular flexibility index (Phi) is 9.50. The van der Waals surface area contributed by atoms with Gasteiger partial charge in [-0.15, -0.1) is 11.3 Å². The highest BCUT2D eigenvalue weighted by atomic mass is 32.2.